The van der Waals surface area contributed by atoms with Gasteiger partial charge in [-0.25, -0.2) is 14.7 Å². The van der Waals surface area contributed by atoms with Crippen molar-refractivity contribution in [2.24, 2.45) is 0 Å². The summed E-state index contributed by atoms with van der Waals surface area (Å²) in [5, 5.41) is 3.79. The molecule has 0 aromatic rings. The standard InChI is InChI=1S/C8H14N2OS/c1-8(2,3)10-5-6(11)9-7(10)12-4/h5H2,1-4H3/p+1. The van der Waals surface area contributed by atoms with Crippen LogP contribution in [0.4, 0.5) is 0 Å². The van der Waals surface area contributed by atoms with Crippen LogP contribution in [0.2, 0.25) is 0 Å². The molecule has 0 bridgehead atoms. The van der Waals surface area contributed by atoms with E-state index in [-0.39, 0.29) is 11.4 Å². The van der Waals surface area contributed by atoms with Gasteiger partial charge in [-0.1, -0.05) is 0 Å². The molecule has 3 nitrogen and oxygen atoms in total. The highest BCUT2D eigenvalue weighted by Gasteiger charge is 2.35. The Kier molecular flexibility index (Phi) is 2.46. The van der Waals surface area contributed by atoms with Gasteiger partial charge in [0, 0.05) is 0 Å². The maximum absolute atomic E-state index is 11.1. The number of amidine groups is 1. The summed E-state index contributed by atoms with van der Waals surface area (Å²) in [6.07, 6.45) is 1.97. The highest BCUT2D eigenvalue weighted by molar-refractivity contribution is 8.13. The number of carbonyl (C=O) groups excluding carboxylic acids is 1. The number of carbonyl (C=O) groups is 1. The number of nitrogens with one attached hydrogen (secondary N) is 1. The zero-order valence-corrected chi connectivity index (χ0v) is 8.79. The lowest BCUT2D eigenvalue weighted by Gasteiger charge is -2.18. The van der Waals surface area contributed by atoms with Gasteiger partial charge in [0.25, 0.3) is 0 Å². The Bertz CT molecular complexity index is 240. The van der Waals surface area contributed by atoms with Crippen molar-refractivity contribution in [1.82, 2.24) is 5.32 Å². The fourth-order valence-corrected chi connectivity index (χ4v) is 1.92. The van der Waals surface area contributed by atoms with Gasteiger partial charge >= 0.3 is 11.1 Å². The number of thioether (sulfide) groups is 1. The number of hydrogen-bond donors (Lipinski definition) is 1. The van der Waals surface area contributed by atoms with Crippen molar-refractivity contribution in [2.75, 3.05) is 12.8 Å². The van der Waals surface area contributed by atoms with Crippen molar-refractivity contribution in [1.29, 1.82) is 0 Å². The van der Waals surface area contributed by atoms with Crippen molar-refractivity contribution in [3.63, 3.8) is 0 Å². The van der Waals surface area contributed by atoms with Gasteiger partial charge in [-0.15, -0.1) is 0 Å². The van der Waals surface area contributed by atoms with Crippen LogP contribution < -0.4 is 5.32 Å². The summed E-state index contributed by atoms with van der Waals surface area (Å²) < 4.78 is 2.08. The first-order chi connectivity index (χ1) is 5.45. The molecule has 12 heavy (non-hydrogen) atoms. The minimum atomic E-state index is 0.0253. The highest BCUT2D eigenvalue weighted by atomic mass is 32.2. The first kappa shape index (κ1) is 9.58. The quantitative estimate of drug-likeness (QED) is 0.565. The largest absolute Gasteiger partial charge is 0.349 e. The second-order valence-electron chi connectivity index (χ2n) is 3.81. The van der Waals surface area contributed by atoms with Crippen molar-refractivity contribution in [2.45, 2.75) is 26.3 Å². The number of amides is 1. The van der Waals surface area contributed by atoms with Crippen LogP contribution in [0.5, 0.6) is 0 Å². The topological polar surface area (TPSA) is 32.1 Å². The van der Waals surface area contributed by atoms with Gasteiger partial charge in [-0.3, -0.25) is 0 Å². The maximum atomic E-state index is 11.1. The Labute approximate surface area is 77.2 Å². The van der Waals surface area contributed by atoms with Crippen LogP contribution >= 0.6 is 11.8 Å². The van der Waals surface area contributed by atoms with E-state index >= 15 is 0 Å². The van der Waals surface area contributed by atoms with Crippen molar-refractivity contribution in [3.8, 4) is 0 Å². The molecule has 0 aliphatic carbocycles. The SMILES string of the molecule is CSC1=[N+](C(C)(C)C)CC(=O)N1. The lowest BCUT2D eigenvalue weighted by atomic mass is 10.1. The van der Waals surface area contributed by atoms with E-state index in [1.54, 1.807) is 11.8 Å². The Hall–Kier alpha value is -0.510. The van der Waals surface area contributed by atoms with Crippen molar-refractivity contribution in [3.05, 3.63) is 0 Å². The summed E-state index contributed by atoms with van der Waals surface area (Å²) >= 11 is 1.58. The third-order valence-corrected chi connectivity index (χ3v) is 2.51. The van der Waals surface area contributed by atoms with Crippen LogP contribution in [0, 0.1) is 0 Å². The minimum absolute atomic E-state index is 0.0253. The summed E-state index contributed by atoms with van der Waals surface area (Å²) in [7, 11) is 0. The summed E-state index contributed by atoms with van der Waals surface area (Å²) in [6, 6.07) is 0. The van der Waals surface area contributed by atoms with Crippen molar-refractivity contribution >= 4 is 22.8 Å². The number of nitrogens with zero attached hydrogens (tertiary/aromatic N) is 1. The maximum Gasteiger partial charge on any atom is 0.349 e. The molecule has 0 atom stereocenters. The van der Waals surface area contributed by atoms with E-state index in [0.29, 0.717) is 6.54 Å². The molecule has 1 heterocycles. The van der Waals surface area contributed by atoms with Gasteiger partial charge in [-0.05, 0) is 38.8 Å². The van der Waals surface area contributed by atoms with Crippen molar-refractivity contribution < 1.29 is 9.37 Å². The normalized spacial score (nSPS) is 18.5. The molecule has 1 amide bonds. The molecule has 0 saturated heterocycles. The highest BCUT2D eigenvalue weighted by Crippen LogP contribution is 2.13. The van der Waals surface area contributed by atoms with Crippen LogP contribution in [-0.2, 0) is 4.79 Å². The molecule has 0 fully saturated rings. The molecule has 1 N–H and O–H groups in total. The zero-order valence-electron chi connectivity index (χ0n) is 7.97. The van der Waals surface area contributed by atoms with Crippen LogP contribution in [0.15, 0.2) is 0 Å². The molecule has 68 valence electrons. The van der Waals surface area contributed by atoms with E-state index in [9.17, 15) is 4.79 Å². The third-order valence-electron chi connectivity index (χ3n) is 1.80. The first-order valence-corrected chi connectivity index (χ1v) is 5.16. The van der Waals surface area contributed by atoms with Gasteiger partial charge in [0.15, 0.2) is 6.54 Å². The molecule has 0 saturated carbocycles. The van der Waals surface area contributed by atoms with E-state index in [4.69, 9.17) is 0 Å². The number of rotatable bonds is 0. The van der Waals surface area contributed by atoms with E-state index in [1.165, 1.54) is 0 Å². The lowest BCUT2D eigenvalue weighted by Crippen LogP contribution is -2.35. The van der Waals surface area contributed by atoms with Crippen LogP contribution in [0.25, 0.3) is 0 Å². The van der Waals surface area contributed by atoms with Crippen LogP contribution in [-0.4, -0.2) is 34.0 Å². The molecule has 0 spiro atoms. The molecule has 1 rings (SSSR count). The summed E-state index contributed by atoms with van der Waals surface area (Å²) in [5.74, 6) is 0.0919. The molecule has 0 radical (unpaired) electrons. The fourth-order valence-electron chi connectivity index (χ4n) is 1.14. The summed E-state index contributed by atoms with van der Waals surface area (Å²) in [5.41, 5.74) is 0.0253. The van der Waals surface area contributed by atoms with Gasteiger partial charge in [0.2, 0.25) is 0 Å². The molecular weight excluding hydrogens is 172 g/mol. The predicted octanol–water partition coefficient (Wildman–Crippen LogP) is 0.646. The Morgan fingerprint density at radius 2 is 2.08 bits per heavy atom. The van der Waals surface area contributed by atoms with E-state index in [0.717, 1.165) is 5.17 Å². The van der Waals surface area contributed by atoms with Gasteiger partial charge in [0.05, 0.1) is 5.54 Å². The Morgan fingerprint density at radius 3 is 2.42 bits per heavy atom. The molecule has 0 aromatic heterocycles. The molecule has 1 aliphatic rings. The summed E-state index contributed by atoms with van der Waals surface area (Å²) in [4.78, 5) is 11.1. The van der Waals surface area contributed by atoms with Gasteiger partial charge in [0.1, 0.15) is 0 Å². The molecule has 4 heteroatoms. The monoisotopic (exact) mass is 187 g/mol. The predicted molar refractivity (Wildman–Crippen MR) is 51.5 cm³/mol. The van der Waals surface area contributed by atoms with Gasteiger partial charge < -0.3 is 0 Å². The summed E-state index contributed by atoms with van der Waals surface area (Å²) in [6.45, 7) is 6.79. The van der Waals surface area contributed by atoms with Crippen LogP contribution in [0.1, 0.15) is 20.8 Å². The Morgan fingerprint density at radius 1 is 1.50 bits per heavy atom. The van der Waals surface area contributed by atoms with Crippen LogP contribution in [0.3, 0.4) is 0 Å². The zero-order chi connectivity index (χ0) is 9.35. The average molecular weight is 187 g/mol. The second-order valence-corrected chi connectivity index (χ2v) is 4.61. The third kappa shape index (κ3) is 1.80. The van der Waals surface area contributed by atoms with E-state index in [2.05, 4.69) is 30.7 Å². The van der Waals surface area contributed by atoms with E-state index in [1.807, 2.05) is 6.26 Å². The fraction of sp³-hybridized carbons (Fsp3) is 0.750. The minimum Gasteiger partial charge on any atom is -0.242 e. The first-order valence-electron chi connectivity index (χ1n) is 3.93. The van der Waals surface area contributed by atoms with E-state index < -0.39 is 0 Å². The Balaban J connectivity index is 2.93. The second kappa shape index (κ2) is 3.09. The smallest absolute Gasteiger partial charge is 0.242 e. The molecular formula is C8H15N2OS+. The molecule has 1 aliphatic heterocycles. The van der Waals surface area contributed by atoms with Gasteiger partial charge in [-0.2, -0.15) is 0 Å². The molecule has 0 unspecified atom stereocenters. The lowest BCUT2D eigenvalue weighted by molar-refractivity contribution is -0.580. The average Bonchev–Trinajstić information content (AvgIpc) is 2.29. The molecule has 0 aromatic carbocycles. The number of hydrogen-bond acceptors (Lipinski definition) is 2.